The molecule has 0 bridgehead atoms. The summed E-state index contributed by atoms with van der Waals surface area (Å²) in [6, 6.07) is 17.6. The number of nitrogens with zero attached hydrogens (tertiary/aromatic N) is 2. The number of aliphatic carboxylic acids is 1. The molecular weight excluding hydrogens is 456 g/mol. The number of aryl methyl sites for hydroxylation is 1. The van der Waals surface area contributed by atoms with Gasteiger partial charge in [-0.3, -0.25) is 9.79 Å². The summed E-state index contributed by atoms with van der Waals surface area (Å²) < 4.78 is 17.4. The Bertz CT molecular complexity index is 1290. The van der Waals surface area contributed by atoms with Gasteiger partial charge in [-0.2, -0.15) is 0 Å². The Labute approximate surface area is 210 Å². The predicted octanol–water partition coefficient (Wildman–Crippen LogP) is 5.44. The second kappa shape index (κ2) is 11.2. The molecule has 0 radical (unpaired) electrons. The van der Waals surface area contributed by atoms with Gasteiger partial charge in [0.1, 0.15) is 18.8 Å². The highest BCUT2D eigenvalue weighted by Gasteiger charge is 2.24. The topological polar surface area (TPSA) is 94.2 Å². The van der Waals surface area contributed by atoms with Crippen molar-refractivity contribution in [1.82, 2.24) is 5.16 Å². The highest BCUT2D eigenvalue weighted by Crippen LogP contribution is 2.30. The number of aromatic nitrogens is 1. The maximum absolute atomic E-state index is 11.1. The van der Waals surface area contributed by atoms with Crippen molar-refractivity contribution in [3.63, 3.8) is 0 Å². The molecule has 0 saturated heterocycles. The van der Waals surface area contributed by atoms with Crippen LogP contribution in [0.15, 0.2) is 87.9 Å². The Morgan fingerprint density at radius 1 is 1.17 bits per heavy atom. The summed E-state index contributed by atoms with van der Waals surface area (Å²) in [6.07, 6.45) is 6.79. The molecule has 1 aliphatic rings. The number of ether oxygens (including phenoxy) is 2. The van der Waals surface area contributed by atoms with Crippen molar-refractivity contribution < 1.29 is 23.9 Å². The zero-order valence-electron chi connectivity index (χ0n) is 20.7. The fourth-order valence-electron chi connectivity index (χ4n) is 4.04. The molecule has 186 valence electrons. The van der Waals surface area contributed by atoms with Gasteiger partial charge in [0.2, 0.25) is 0 Å². The van der Waals surface area contributed by atoms with E-state index in [0.29, 0.717) is 30.2 Å². The molecule has 1 aliphatic carbocycles. The van der Waals surface area contributed by atoms with Gasteiger partial charge in [0.15, 0.2) is 5.76 Å². The minimum Gasteiger partial charge on any atom is -0.489 e. The minimum atomic E-state index is -0.960. The monoisotopic (exact) mass is 486 g/mol. The maximum atomic E-state index is 11.1. The van der Waals surface area contributed by atoms with E-state index in [0.717, 1.165) is 34.6 Å². The molecule has 0 amide bonds. The average Bonchev–Trinajstić information content (AvgIpc) is 3.24. The molecule has 7 nitrogen and oxygen atoms in total. The molecule has 1 N–H and O–H groups in total. The van der Waals surface area contributed by atoms with Crippen molar-refractivity contribution in [3.05, 3.63) is 95.4 Å². The van der Waals surface area contributed by atoms with E-state index in [1.165, 1.54) is 0 Å². The number of carboxylic acid groups (broad SMARTS) is 1. The lowest BCUT2D eigenvalue weighted by atomic mass is 9.94. The van der Waals surface area contributed by atoms with Crippen LogP contribution in [0.25, 0.3) is 11.1 Å². The van der Waals surface area contributed by atoms with Gasteiger partial charge >= 0.3 is 5.97 Å². The van der Waals surface area contributed by atoms with Crippen molar-refractivity contribution in [3.8, 4) is 16.9 Å². The Kier molecular flexibility index (Phi) is 7.80. The molecule has 0 fully saturated rings. The summed E-state index contributed by atoms with van der Waals surface area (Å²) in [5.41, 5.74) is 4.87. The second-order valence-electron chi connectivity index (χ2n) is 8.90. The molecule has 1 aromatic heterocycles. The highest BCUT2D eigenvalue weighted by atomic mass is 16.5. The van der Waals surface area contributed by atoms with E-state index in [-0.39, 0.29) is 6.42 Å². The van der Waals surface area contributed by atoms with E-state index >= 15 is 0 Å². The second-order valence-corrected chi connectivity index (χ2v) is 8.90. The van der Waals surface area contributed by atoms with Crippen LogP contribution in [0.4, 0.5) is 0 Å². The number of hydrogen-bond donors (Lipinski definition) is 1. The van der Waals surface area contributed by atoms with Crippen LogP contribution in [0.5, 0.6) is 5.75 Å². The smallest absolute Gasteiger partial charge is 0.311 e. The largest absolute Gasteiger partial charge is 0.489 e. The lowest BCUT2D eigenvalue weighted by Crippen LogP contribution is -2.30. The first-order chi connectivity index (χ1) is 17.4. The summed E-state index contributed by atoms with van der Waals surface area (Å²) in [5.74, 6) is 0.105. The van der Waals surface area contributed by atoms with Crippen molar-refractivity contribution in [2.45, 2.75) is 32.3 Å². The van der Waals surface area contributed by atoms with Crippen molar-refractivity contribution in [1.29, 1.82) is 0 Å². The number of aliphatic imine (C=N–C) groups is 1. The fourth-order valence-corrected chi connectivity index (χ4v) is 4.04. The van der Waals surface area contributed by atoms with Gasteiger partial charge in [-0.15, -0.1) is 0 Å². The first kappa shape index (κ1) is 25.1. The molecule has 1 atom stereocenters. The zero-order valence-corrected chi connectivity index (χ0v) is 20.7. The average molecular weight is 487 g/mol. The first-order valence-electron chi connectivity index (χ1n) is 11.8. The van der Waals surface area contributed by atoms with Gasteiger partial charge < -0.3 is 19.1 Å². The van der Waals surface area contributed by atoms with Crippen LogP contribution in [0.1, 0.15) is 30.4 Å². The van der Waals surface area contributed by atoms with Crippen LogP contribution >= 0.6 is 0 Å². The Hall–Kier alpha value is -3.97. The molecule has 4 rings (SSSR count). The number of hydrogen-bond acceptors (Lipinski definition) is 6. The van der Waals surface area contributed by atoms with Crippen LogP contribution < -0.4 is 4.74 Å². The fraction of sp³-hybridized carbons (Fsp3) is 0.276. The molecule has 0 saturated carbocycles. The van der Waals surface area contributed by atoms with E-state index in [1.54, 1.807) is 14.0 Å². The Morgan fingerprint density at radius 2 is 1.92 bits per heavy atom. The third-order valence-corrected chi connectivity index (χ3v) is 6.13. The van der Waals surface area contributed by atoms with Crippen LogP contribution in [-0.4, -0.2) is 47.8 Å². The third kappa shape index (κ3) is 6.17. The molecule has 1 unspecified atom stereocenters. The summed E-state index contributed by atoms with van der Waals surface area (Å²) in [7, 11) is 1.79. The van der Waals surface area contributed by atoms with Gasteiger partial charge in [-0.25, -0.2) is 0 Å². The Morgan fingerprint density at radius 3 is 2.56 bits per heavy atom. The summed E-state index contributed by atoms with van der Waals surface area (Å²) >= 11 is 0. The molecule has 0 aliphatic heterocycles. The normalized spacial score (nSPS) is 17.6. The molecule has 0 spiro atoms. The van der Waals surface area contributed by atoms with Crippen molar-refractivity contribution in [2.24, 2.45) is 4.99 Å². The van der Waals surface area contributed by atoms with E-state index in [9.17, 15) is 4.79 Å². The minimum absolute atomic E-state index is 0.212. The number of benzene rings is 2. The quantitative estimate of drug-likeness (QED) is 0.384. The predicted molar refractivity (Wildman–Crippen MR) is 139 cm³/mol. The van der Waals surface area contributed by atoms with Gasteiger partial charge in [-0.1, -0.05) is 65.8 Å². The lowest BCUT2D eigenvalue weighted by Gasteiger charge is -2.29. The summed E-state index contributed by atoms with van der Waals surface area (Å²) in [5, 5.41) is 13.0. The number of carbonyl (C=O) groups is 1. The molecule has 3 aromatic rings. The maximum Gasteiger partial charge on any atom is 0.311 e. The van der Waals surface area contributed by atoms with Crippen LogP contribution in [0.3, 0.4) is 0 Å². The summed E-state index contributed by atoms with van der Waals surface area (Å²) in [4.78, 5) is 15.5. The SMILES string of the molecule is CN=C(COC1(C)C=CC(COc2ccc(-c3c(C)noc3CC(=O)O)cc2)=CC1)c1ccccc1. The van der Waals surface area contributed by atoms with E-state index < -0.39 is 11.6 Å². The van der Waals surface area contributed by atoms with Crippen LogP contribution in [0.2, 0.25) is 0 Å². The van der Waals surface area contributed by atoms with Gasteiger partial charge in [0.25, 0.3) is 0 Å². The molecular formula is C29H30N2O5. The first-order valence-corrected chi connectivity index (χ1v) is 11.8. The van der Waals surface area contributed by atoms with E-state index in [1.807, 2.05) is 60.7 Å². The molecule has 36 heavy (non-hydrogen) atoms. The molecule has 7 heteroatoms. The van der Waals surface area contributed by atoms with E-state index in [2.05, 4.69) is 29.2 Å². The van der Waals surface area contributed by atoms with E-state index in [4.69, 9.17) is 19.1 Å². The number of carboxylic acids is 1. The molecule has 1 heterocycles. The van der Waals surface area contributed by atoms with Gasteiger partial charge in [0.05, 0.1) is 23.6 Å². The third-order valence-electron chi connectivity index (χ3n) is 6.13. The van der Waals surface area contributed by atoms with Crippen LogP contribution in [-0.2, 0) is 16.0 Å². The Balaban J connectivity index is 1.31. The highest BCUT2D eigenvalue weighted by molar-refractivity contribution is 6.01. The van der Waals surface area contributed by atoms with Crippen molar-refractivity contribution in [2.75, 3.05) is 20.3 Å². The lowest BCUT2D eigenvalue weighted by molar-refractivity contribution is -0.136. The van der Waals surface area contributed by atoms with Gasteiger partial charge in [0, 0.05) is 12.6 Å². The van der Waals surface area contributed by atoms with Gasteiger partial charge in [-0.05, 0) is 49.1 Å². The van der Waals surface area contributed by atoms with Crippen molar-refractivity contribution >= 4 is 11.7 Å². The number of rotatable bonds is 10. The zero-order chi connectivity index (χ0) is 25.5. The van der Waals surface area contributed by atoms with Crippen LogP contribution in [0, 0.1) is 6.92 Å². The summed E-state index contributed by atoms with van der Waals surface area (Å²) in [6.45, 7) is 4.74. The molecule has 2 aromatic carbocycles. The standard InChI is InChI=1S/C29H30N2O5/c1-20-28(26(36-31-20)17-27(32)33)23-9-11-24(12-10-23)34-18-21-13-15-29(2,16-14-21)35-19-25(30-3)22-7-5-4-6-8-22/h4-15H,16-19H2,1-3H3,(H,32,33).